The van der Waals surface area contributed by atoms with Crippen LogP contribution in [0.3, 0.4) is 0 Å². The van der Waals surface area contributed by atoms with E-state index in [-0.39, 0.29) is 5.41 Å². The summed E-state index contributed by atoms with van der Waals surface area (Å²) in [6, 6.07) is 57.6. The van der Waals surface area contributed by atoms with E-state index >= 15 is 0 Å². The molecule has 0 unspecified atom stereocenters. The molecule has 2 aromatic heterocycles. The molecule has 0 aliphatic heterocycles. The van der Waals surface area contributed by atoms with Crippen molar-refractivity contribution in [2.75, 3.05) is 0 Å². The van der Waals surface area contributed by atoms with Gasteiger partial charge in [0.05, 0.1) is 21.3 Å². The monoisotopic (exact) mass is 644 g/mol. The number of aromatic nitrogens is 2. The largest absolute Gasteiger partial charge is 0.309 e. The Morgan fingerprint density at radius 2 is 1.20 bits per heavy atom. The lowest BCUT2D eigenvalue weighted by Crippen LogP contribution is -2.16. The molecular formula is C46H32N2S. The number of para-hydroxylation sites is 3. The van der Waals surface area contributed by atoms with Crippen LogP contribution in [-0.4, -0.2) is 9.55 Å². The first-order valence-electron chi connectivity index (χ1n) is 16.9. The Balaban J connectivity index is 1.17. The van der Waals surface area contributed by atoms with Gasteiger partial charge in [-0.05, 0) is 75.3 Å². The van der Waals surface area contributed by atoms with Crippen molar-refractivity contribution in [2.45, 2.75) is 19.3 Å². The molecule has 1 aliphatic carbocycles. The van der Waals surface area contributed by atoms with Crippen LogP contribution in [0, 0.1) is 0 Å². The Hall–Kier alpha value is -5.77. The third-order valence-corrected chi connectivity index (χ3v) is 11.5. The smallest absolute Gasteiger partial charge is 0.124 e. The van der Waals surface area contributed by atoms with Crippen molar-refractivity contribution in [1.29, 1.82) is 0 Å². The molecule has 0 N–H and O–H groups in total. The van der Waals surface area contributed by atoms with Gasteiger partial charge in [-0.25, -0.2) is 4.98 Å². The molecule has 3 heteroatoms. The molecule has 0 radical (unpaired) electrons. The summed E-state index contributed by atoms with van der Waals surface area (Å²) in [5.41, 5.74) is 16.2. The lowest BCUT2D eigenvalue weighted by atomic mass is 9.79. The fourth-order valence-electron chi connectivity index (χ4n) is 8.19. The molecule has 0 atom stereocenters. The molecule has 0 bridgehead atoms. The van der Waals surface area contributed by atoms with Crippen molar-refractivity contribution in [3.8, 4) is 49.6 Å². The van der Waals surface area contributed by atoms with Crippen LogP contribution < -0.4 is 0 Å². The lowest BCUT2D eigenvalue weighted by molar-refractivity contribution is 0.662. The van der Waals surface area contributed by atoms with Crippen LogP contribution in [0.2, 0.25) is 0 Å². The molecule has 49 heavy (non-hydrogen) atoms. The average molecular weight is 645 g/mol. The van der Waals surface area contributed by atoms with Crippen LogP contribution in [0.25, 0.3) is 81.7 Å². The van der Waals surface area contributed by atoms with E-state index in [4.69, 9.17) is 4.98 Å². The van der Waals surface area contributed by atoms with E-state index < -0.39 is 0 Å². The van der Waals surface area contributed by atoms with E-state index in [2.05, 4.69) is 176 Å². The number of thiazole rings is 1. The van der Waals surface area contributed by atoms with Crippen molar-refractivity contribution in [1.82, 2.24) is 9.55 Å². The van der Waals surface area contributed by atoms with E-state index in [9.17, 15) is 0 Å². The van der Waals surface area contributed by atoms with E-state index in [0.29, 0.717) is 0 Å². The predicted molar refractivity (Wildman–Crippen MR) is 208 cm³/mol. The summed E-state index contributed by atoms with van der Waals surface area (Å²) in [6.45, 7) is 4.74. The second-order valence-electron chi connectivity index (χ2n) is 13.6. The molecule has 2 heterocycles. The number of hydrogen-bond acceptors (Lipinski definition) is 2. The van der Waals surface area contributed by atoms with E-state index in [1.807, 2.05) is 0 Å². The molecule has 7 aromatic carbocycles. The van der Waals surface area contributed by atoms with Crippen LogP contribution in [0.5, 0.6) is 0 Å². The zero-order valence-corrected chi connectivity index (χ0v) is 28.1. The highest BCUT2D eigenvalue weighted by atomic mass is 32.1. The highest BCUT2D eigenvalue weighted by Crippen LogP contribution is 2.52. The van der Waals surface area contributed by atoms with Gasteiger partial charge in [0.25, 0.3) is 0 Å². The highest BCUT2D eigenvalue weighted by molar-refractivity contribution is 7.21. The molecule has 0 saturated carbocycles. The van der Waals surface area contributed by atoms with Gasteiger partial charge in [-0.2, -0.15) is 0 Å². The standard InChI is InChI=1S/C46H32N2S/c1-46(2)39-19-7-6-14-35(39)36-17-10-15-33(43(36)46)31-26-27-41-38(28-31)37-18-11-16-34(44(37)48(41)32-12-4-3-5-13-32)29-22-24-30(25-23-29)45-47-40-20-8-9-21-42(40)49-45/h3-28H,1-2H3. The maximum absolute atomic E-state index is 4.91. The van der Waals surface area contributed by atoms with Gasteiger partial charge < -0.3 is 4.57 Å². The predicted octanol–water partition coefficient (Wildman–Crippen LogP) is 12.7. The van der Waals surface area contributed by atoms with Crippen LogP contribution in [0.4, 0.5) is 0 Å². The van der Waals surface area contributed by atoms with Gasteiger partial charge in [0.15, 0.2) is 0 Å². The number of nitrogens with zero attached hydrogens (tertiary/aromatic N) is 2. The highest BCUT2D eigenvalue weighted by Gasteiger charge is 2.37. The fraction of sp³-hybridized carbons (Fsp3) is 0.0652. The molecule has 0 saturated heterocycles. The van der Waals surface area contributed by atoms with Crippen molar-refractivity contribution < 1.29 is 0 Å². The van der Waals surface area contributed by atoms with Crippen LogP contribution in [0.1, 0.15) is 25.0 Å². The summed E-state index contributed by atoms with van der Waals surface area (Å²) in [4.78, 5) is 4.91. The summed E-state index contributed by atoms with van der Waals surface area (Å²) in [5, 5.41) is 3.56. The quantitative estimate of drug-likeness (QED) is 0.186. The van der Waals surface area contributed by atoms with Crippen molar-refractivity contribution in [2.24, 2.45) is 0 Å². The average Bonchev–Trinajstić information content (AvgIpc) is 3.81. The first-order valence-corrected chi connectivity index (χ1v) is 17.7. The zero-order valence-electron chi connectivity index (χ0n) is 27.3. The first kappa shape index (κ1) is 28.3. The maximum Gasteiger partial charge on any atom is 0.124 e. The molecule has 1 aliphatic rings. The third-order valence-electron chi connectivity index (χ3n) is 10.4. The van der Waals surface area contributed by atoms with Crippen LogP contribution in [0.15, 0.2) is 158 Å². The topological polar surface area (TPSA) is 17.8 Å². The number of rotatable bonds is 4. The normalized spacial score (nSPS) is 13.3. The number of hydrogen-bond donors (Lipinski definition) is 0. The number of fused-ring (bicyclic) bond motifs is 7. The Bertz CT molecular complexity index is 2700. The van der Waals surface area contributed by atoms with Gasteiger partial charge in [0, 0.05) is 33.0 Å². The minimum Gasteiger partial charge on any atom is -0.309 e. The fourth-order valence-corrected chi connectivity index (χ4v) is 9.16. The Kier molecular flexibility index (Phi) is 6.12. The third kappa shape index (κ3) is 4.22. The lowest BCUT2D eigenvalue weighted by Gasteiger charge is -2.24. The summed E-state index contributed by atoms with van der Waals surface area (Å²) >= 11 is 1.75. The molecular weight excluding hydrogens is 613 g/mol. The van der Waals surface area contributed by atoms with Gasteiger partial charge in [-0.1, -0.05) is 135 Å². The molecule has 10 rings (SSSR count). The SMILES string of the molecule is CC1(C)c2ccccc2-c2cccc(-c3ccc4c(c3)c3cccc(-c5ccc(-c6nc7ccccc7s6)cc5)c3n4-c3ccccc3)c21. The maximum atomic E-state index is 4.91. The molecule has 232 valence electrons. The van der Waals surface area contributed by atoms with Gasteiger partial charge in [0.2, 0.25) is 0 Å². The molecule has 0 amide bonds. The van der Waals surface area contributed by atoms with Gasteiger partial charge in [-0.15, -0.1) is 11.3 Å². The van der Waals surface area contributed by atoms with E-state index in [1.165, 1.54) is 71.0 Å². The molecule has 2 nitrogen and oxygen atoms in total. The van der Waals surface area contributed by atoms with Gasteiger partial charge in [0.1, 0.15) is 5.01 Å². The first-order chi connectivity index (χ1) is 24.1. The summed E-state index contributed by atoms with van der Waals surface area (Å²) < 4.78 is 3.66. The number of benzene rings is 7. The molecule has 0 fully saturated rings. The Morgan fingerprint density at radius 3 is 2.06 bits per heavy atom. The van der Waals surface area contributed by atoms with E-state index in [0.717, 1.165) is 21.8 Å². The minimum absolute atomic E-state index is 0.0831. The van der Waals surface area contributed by atoms with Crippen molar-refractivity contribution in [3.05, 3.63) is 169 Å². The van der Waals surface area contributed by atoms with Gasteiger partial charge >= 0.3 is 0 Å². The molecule has 9 aromatic rings. The van der Waals surface area contributed by atoms with Crippen molar-refractivity contribution >= 4 is 43.4 Å². The second-order valence-corrected chi connectivity index (χ2v) is 14.6. The summed E-state index contributed by atoms with van der Waals surface area (Å²) in [7, 11) is 0. The molecule has 0 spiro atoms. The summed E-state index contributed by atoms with van der Waals surface area (Å²) in [5.74, 6) is 0. The van der Waals surface area contributed by atoms with Crippen LogP contribution in [-0.2, 0) is 5.41 Å². The van der Waals surface area contributed by atoms with Crippen LogP contribution >= 0.6 is 11.3 Å². The second kappa shape index (κ2) is 10.6. The van der Waals surface area contributed by atoms with E-state index in [1.54, 1.807) is 11.3 Å². The Morgan fingerprint density at radius 1 is 0.531 bits per heavy atom. The zero-order chi connectivity index (χ0) is 32.7. The Labute approximate surface area is 289 Å². The van der Waals surface area contributed by atoms with Gasteiger partial charge in [-0.3, -0.25) is 0 Å². The van der Waals surface area contributed by atoms with Crippen molar-refractivity contribution in [3.63, 3.8) is 0 Å². The summed E-state index contributed by atoms with van der Waals surface area (Å²) in [6.07, 6.45) is 0. The minimum atomic E-state index is -0.0831.